The Kier molecular flexibility index (Phi) is 2.63. The van der Waals surface area contributed by atoms with Crippen molar-refractivity contribution in [3.05, 3.63) is 23.9 Å². The lowest BCUT2D eigenvalue weighted by atomic mass is 10.3. The summed E-state index contributed by atoms with van der Waals surface area (Å²) in [5, 5.41) is 8.49. The number of rotatable bonds is 2. The van der Waals surface area contributed by atoms with Crippen molar-refractivity contribution in [2.45, 2.75) is 0 Å². The van der Waals surface area contributed by atoms with E-state index in [9.17, 15) is 4.57 Å². The van der Waals surface area contributed by atoms with Gasteiger partial charge in [0, 0.05) is 6.20 Å². The van der Waals surface area contributed by atoms with Crippen molar-refractivity contribution in [1.29, 1.82) is 5.26 Å². The highest BCUT2D eigenvalue weighted by Crippen LogP contribution is 2.37. The summed E-state index contributed by atoms with van der Waals surface area (Å²) in [5.74, 6) is -0.363. The topological polar surface area (TPSA) is 103 Å². The highest BCUT2D eigenvalue weighted by atomic mass is 31.2. The van der Waals surface area contributed by atoms with Crippen molar-refractivity contribution in [2.24, 2.45) is 0 Å². The predicted octanol–water partition coefficient (Wildman–Crippen LogP) is 0.425. The number of pyridine rings is 1. The van der Waals surface area contributed by atoms with Gasteiger partial charge in [-0.15, -0.1) is 0 Å². The van der Waals surface area contributed by atoms with Crippen molar-refractivity contribution >= 4 is 7.82 Å². The molecule has 7 heteroatoms. The van der Waals surface area contributed by atoms with Crippen LogP contribution in [0, 0.1) is 11.3 Å². The molecule has 0 aliphatic rings. The number of phosphoric ester groups is 1. The molecule has 0 saturated carbocycles. The van der Waals surface area contributed by atoms with Crippen LogP contribution in [-0.2, 0) is 4.57 Å². The van der Waals surface area contributed by atoms with Crippen molar-refractivity contribution in [3.8, 4) is 11.9 Å². The second-order valence-electron chi connectivity index (χ2n) is 2.05. The van der Waals surface area contributed by atoms with E-state index in [0.29, 0.717) is 0 Å². The van der Waals surface area contributed by atoms with Gasteiger partial charge in [-0.05, 0) is 12.1 Å². The van der Waals surface area contributed by atoms with E-state index in [-0.39, 0.29) is 11.4 Å². The summed E-state index contributed by atoms with van der Waals surface area (Å²) in [6.45, 7) is 0. The van der Waals surface area contributed by atoms with E-state index in [1.54, 1.807) is 6.07 Å². The zero-order chi connectivity index (χ0) is 9.90. The van der Waals surface area contributed by atoms with Crippen molar-refractivity contribution in [3.63, 3.8) is 0 Å². The largest absolute Gasteiger partial charge is 0.526 e. The van der Waals surface area contributed by atoms with Gasteiger partial charge in [-0.2, -0.15) is 5.26 Å². The summed E-state index contributed by atoms with van der Waals surface area (Å²) < 4.78 is 14.5. The first-order valence-corrected chi connectivity index (χ1v) is 4.66. The number of hydrogen-bond acceptors (Lipinski definition) is 4. The van der Waals surface area contributed by atoms with Crippen LogP contribution in [0.25, 0.3) is 0 Å². The second-order valence-corrected chi connectivity index (χ2v) is 3.21. The molecule has 1 aromatic rings. The van der Waals surface area contributed by atoms with Crippen LogP contribution < -0.4 is 4.52 Å². The molecule has 0 aromatic carbocycles. The highest BCUT2D eigenvalue weighted by molar-refractivity contribution is 7.46. The first kappa shape index (κ1) is 9.68. The Morgan fingerprint density at radius 1 is 1.62 bits per heavy atom. The van der Waals surface area contributed by atoms with Crippen LogP contribution in [0.5, 0.6) is 5.88 Å². The minimum absolute atomic E-state index is 0.0224. The lowest BCUT2D eigenvalue weighted by Crippen LogP contribution is -1.94. The zero-order valence-corrected chi connectivity index (χ0v) is 7.18. The molecule has 0 fully saturated rings. The van der Waals surface area contributed by atoms with Gasteiger partial charge in [-0.3, -0.25) is 9.79 Å². The average molecular weight is 200 g/mol. The molecular formula is C6H5N2O4P. The molecule has 0 atom stereocenters. The number of hydrogen-bond donors (Lipinski definition) is 2. The maximum absolute atomic E-state index is 10.4. The van der Waals surface area contributed by atoms with Crippen LogP contribution in [0.4, 0.5) is 0 Å². The summed E-state index contributed by atoms with van der Waals surface area (Å²) in [7, 11) is -4.64. The lowest BCUT2D eigenvalue weighted by molar-refractivity contribution is 0.279. The molecule has 0 spiro atoms. The maximum Gasteiger partial charge on any atom is 0.526 e. The molecule has 0 bridgehead atoms. The van der Waals surface area contributed by atoms with E-state index >= 15 is 0 Å². The summed E-state index contributed by atoms with van der Waals surface area (Å²) >= 11 is 0. The molecule has 0 unspecified atom stereocenters. The Hall–Kier alpha value is -1.41. The van der Waals surface area contributed by atoms with Gasteiger partial charge in [-0.1, -0.05) is 0 Å². The number of phosphoric acid groups is 1. The van der Waals surface area contributed by atoms with Crippen LogP contribution >= 0.6 is 7.82 Å². The van der Waals surface area contributed by atoms with Crippen molar-refractivity contribution in [1.82, 2.24) is 4.98 Å². The van der Waals surface area contributed by atoms with E-state index < -0.39 is 7.82 Å². The fourth-order valence-electron chi connectivity index (χ4n) is 0.661. The fraction of sp³-hybridized carbons (Fsp3) is 0. The maximum atomic E-state index is 10.4. The second kappa shape index (κ2) is 3.54. The molecule has 0 radical (unpaired) electrons. The van der Waals surface area contributed by atoms with Gasteiger partial charge in [0.05, 0.1) is 0 Å². The molecule has 1 aromatic heterocycles. The molecule has 1 rings (SSSR count). The van der Waals surface area contributed by atoms with E-state index in [4.69, 9.17) is 15.0 Å². The van der Waals surface area contributed by atoms with Crippen LogP contribution in [0.1, 0.15) is 5.56 Å². The molecule has 0 aliphatic heterocycles. The minimum atomic E-state index is -4.64. The van der Waals surface area contributed by atoms with E-state index in [2.05, 4.69) is 9.51 Å². The van der Waals surface area contributed by atoms with Crippen molar-refractivity contribution in [2.75, 3.05) is 0 Å². The lowest BCUT2D eigenvalue weighted by Gasteiger charge is -2.05. The quantitative estimate of drug-likeness (QED) is 0.670. The van der Waals surface area contributed by atoms with Crippen LogP contribution in [0.15, 0.2) is 18.3 Å². The smallest absolute Gasteiger partial charge is 0.384 e. The number of aromatic nitrogens is 1. The first-order chi connectivity index (χ1) is 6.03. The first-order valence-electron chi connectivity index (χ1n) is 3.13. The van der Waals surface area contributed by atoms with Gasteiger partial charge in [-0.25, -0.2) is 9.55 Å². The van der Waals surface area contributed by atoms with E-state index in [0.717, 1.165) is 0 Å². The van der Waals surface area contributed by atoms with Gasteiger partial charge < -0.3 is 4.52 Å². The van der Waals surface area contributed by atoms with Gasteiger partial charge in [0.1, 0.15) is 11.6 Å². The third-order valence-corrected chi connectivity index (χ3v) is 1.51. The van der Waals surface area contributed by atoms with Crippen LogP contribution in [0.3, 0.4) is 0 Å². The Labute approximate surface area is 73.7 Å². The van der Waals surface area contributed by atoms with Gasteiger partial charge >= 0.3 is 7.82 Å². The van der Waals surface area contributed by atoms with Crippen LogP contribution in [-0.4, -0.2) is 14.8 Å². The summed E-state index contributed by atoms with van der Waals surface area (Å²) in [6, 6.07) is 4.50. The average Bonchev–Trinajstić information content (AvgIpc) is 2.02. The van der Waals surface area contributed by atoms with Crippen molar-refractivity contribution < 1.29 is 18.9 Å². The SMILES string of the molecule is N#Cc1cccnc1OP(=O)(O)O. The normalized spacial score (nSPS) is 10.5. The summed E-state index contributed by atoms with van der Waals surface area (Å²) in [6.07, 6.45) is 1.27. The summed E-state index contributed by atoms with van der Waals surface area (Å²) in [4.78, 5) is 20.4. The zero-order valence-electron chi connectivity index (χ0n) is 6.28. The Morgan fingerprint density at radius 3 is 2.85 bits per heavy atom. The van der Waals surface area contributed by atoms with Crippen LogP contribution in [0.2, 0.25) is 0 Å². The highest BCUT2D eigenvalue weighted by Gasteiger charge is 2.18. The summed E-state index contributed by atoms with van der Waals surface area (Å²) in [5.41, 5.74) is -0.0224. The van der Waals surface area contributed by atoms with E-state index in [1.807, 2.05) is 0 Å². The Bertz CT molecular complexity index is 394. The third kappa shape index (κ3) is 2.84. The molecular weight excluding hydrogens is 195 g/mol. The minimum Gasteiger partial charge on any atom is -0.384 e. The molecule has 68 valence electrons. The Morgan fingerprint density at radius 2 is 2.31 bits per heavy atom. The molecule has 13 heavy (non-hydrogen) atoms. The monoisotopic (exact) mass is 200 g/mol. The molecule has 0 amide bonds. The standard InChI is InChI=1S/C6H5N2O4P/c7-4-5-2-1-3-8-6(5)12-13(9,10)11/h1-3H,(H2,9,10,11). The molecule has 0 saturated heterocycles. The molecule has 2 N–H and O–H groups in total. The fourth-order valence-corrected chi connectivity index (χ4v) is 1.03. The number of nitrogens with zero attached hydrogens (tertiary/aromatic N) is 2. The third-order valence-electron chi connectivity index (χ3n) is 1.10. The molecule has 6 nitrogen and oxygen atoms in total. The Balaban J connectivity index is 3.03. The van der Waals surface area contributed by atoms with E-state index in [1.165, 1.54) is 18.3 Å². The molecule has 0 aliphatic carbocycles. The number of nitriles is 1. The van der Waals surface area contributed by atoms with Gasteiger partial charge in [0.15, 0.2) is 0 Å². The van der Waals surface area contributed by atoms with Gasteiger partial charge in [0.25, 0.3) is 0 Å². The molecule has 1 heterocycles. The van der Waals surface area contributed by atoms with Gasteiger partial charge in [0.2, 0.25) is 5.88 Å². The predicted molar refractivity (Wildman–Crippen MR) is 41.6 cm³/mol.